The minimum Gasteiger partial charge on any atom is -0.482 e. The summed E-state index contributed by atoms with van der Waals surface area (Å²) in [6, 6.07) is 11.0. The van der Waals surface area contributed by atoms with E-state index in [-0.39, 0.29) is 18.0 Å². The van der Waals surface area contributed by atoms with Crippen LogP contribution >= 0.6 is 0 Å². The lowest BCUT2D eigenvalue weighted by Gasteiger charge is -2.09. The second-order valence-corrected chi connectivity index (χ2v) is 5.05. The Morgan fingerprint density at radius 2 is 1.86 bits per heavy atom. The van der Waals surface area contributed by atoms with Crippen molar-refractivity contribution < 1.29 is 14.1 Å². The van der Waals surface area contributed by atoms with E-state index < -0.39 is 10.7 Å². The van der Waals surface area contributed by atoms with Crippen molar-refractivity contribution in [2.45, 2.75) is 26.4 Å². The molecule has 0 aliphatic heterocycles. The number of nitrogens with zero attached hydrogens (tertiary/aromatic N) is 1. The highest BCUT2D eigenvalue weighted by Gasteiger charge is 2.15. The number of nitro benzene ring substituents is 1. The molecular formula is C16H16FNO3. The van der Waals surface area contributed by atoms with Gasteiger partial charge in [-0.05, 0) is 23.1 Å². The summed E-state index contributed by atoms with van der Waals surface area (Å²) in [7, 11) is 0. The van der Waals surface area contributed by atoms with Gasteiger partial charge in [-0.15, -0.1) is 0 Å². The molecule has 0 heterocycles. The highest BCUT2D eigenvalue weighted by molar-refractivity contribution is 5.46. The van der Waals surface area contributed by atoms with Crippen molar-refractivity contribution >= 4 is 5.69 Å². The summed E-state index contributed by atoms with van der Waals surface area (Å²) in [5.41, 5.74) is 1.84. The lowest BCUT2D eigenvalue weighted by Crippen LogP contribution is -2.00. The molecule has 2 aromatic carbocycles. The van der Waals surface area contributed by atoms with Crippen LogP contribution in [-0.4, -0.2) is 4.92 Å². The van der Waals surface area contributed by atoms with Crippen molar-refractivity contribution in [1.82, 2.24) is 0 Å². The maximum atomic E-state index is 13.2. The molecule has 0 fully saturated rings. The Balaban J connectivity index is 2.12. The van der Waals surface area contributed by atoms with Crippen LogP contribution in [0.25, 0.3) is 0 Å². The average molecular weight is 289 g/mol. The molecule has 0 atom stereocenters. The van der Waals surface area contributed by atoms with Crippen LogP contribution in [0.2, 0.25) is 0 Å². The van der Waals surface area contributed by atoms with Crippen LogP contribution in [0.3, 0.4) is 0 Å². The van der Waals surface area contributed by atoms with Crippen LogP contribution in [-0.2, 0) is 6.61 Å². The number of hydrogen-bond acceptors (Lipinski definition) is 3. The smallest absolute Gasteiger partial charge is 0.311 e. The van der Waals surface area contributed by atoms with E-state index in [4.69, 9.17) is 4.74 Å². The lowest BCUT2D eigenvalue weighted by atomic mass is 10.0. The Bertz CT molecular complexity index is 638. The molecule has 21 heavy (non-hydrogen) atoms. The van der Waals surface area contributed by atoms with Gasteiger partial charge >= 0.3 is 5.69 Å². The van der Waals surface area contributed by atoms with Crippen molar-refractivity contribution in [1.29, 1.82) is 0 Å². The van der Waals surface area contributed by atoms with Gasteiger partial charge in [-0.3, -0.25) is 10.1 Å². The summed E-state index contributed by atoms with van der Waals surface area (Å²) in [5.74, 6) is -0.192. The molecule has 0 radical (unpaired) electrons. The van der Waals surface area contributed by atoms with E-state index in [1.54, 1.807) is 0 Å². The zero-order valence-corrected chi connectivity index (χ0v) is 11.9. The lowest BCUT2D eigenvalue weighted by molar-refractivity contribution is -0.386. The molecule has 2 rings (SSSR count). The van der Waals surface area contributed by atoms with Gasteiger partial charge in [0.25, 0.3) is 0 Å². The zero-order chi connectivity index (χ0) is 15.4. The third-order valence-corrected chi connectivity index (χ3v) is 3.16. The summed E-state index contributed by atoms with van der Waals surface area (Å²) < 4.78 is 18.6. The normalized spacial score (nSPS) is 10.7. The van der Waals surface area contributed by atoms with E-state index in [1.807, 2.05) is 24.3 Å². The first-order valence-electron chi connectivity index (χ1n) is 6.63. The van der Waals surface area contributed by atoms with Crippen molar-refractivity contribution in [2.24, 2.45) is 0 Å². The van der Waals surface area contributed by atoms with Crippen LogP contribution in [0, 0.1) is 15.9 Å². The van der Waals surface area contributed by atoms with Crippen molar-refractivity contribution in [3.05, 3.63) is 69.5 Å². The molecule has 5 heteroatoms. The first kappa shape index (κ1) is 15.0. The van der Waals surface area contributed by atoms with Gasteiger partial charge in [0.05, 0.1) is 4.92 Å². The molecule has 4 nitrogen and oxygen atoms in total. The van der Waals surface area contributed by atoms with Gasteiger partial charge in [-0.25, -0.2) is 4.39 Å². The van der Waals surface area contributed by atoms with Gasteiger partial charge in [0.15, 0.2) is 5.75 Å². The molecule has 0 saturated heterocycles. The number of nitro groups is 1. The van der Waals surface area contributed by atoms with Gasteiger partial charge in [0.1, 0.15) is 12.4 Å². The molecule has 2 aromatic rings. The Hall–Kier alpha value is -2.43. The zero-order valence-electron chi connectivity index (χ0n) is 11.9. The van der Waals surface area contributed by atoms with Crippen molar-refractivity contribution in [2.75, 3.05) is 0 Å². The molecule has 0 aliphatic carbocycles. The van der Waals surface area contributed by atoms with Gasteiger partial charge in [-0.1, -0.05) is 38.1 Å². The van der Waals surface area contributed by atoms with Crippen LogP contribution in [0.1, 0.15) is 30.9 Å². The number of halogens is 1. The molecule has 0 saturated carbocycles. The third kappa shape index (κ3) is 3.78. The summed E-state index contributed by atoms with van der Waals surface area (Å²) in [6.07, 6.45) is 0. The van der Waals surface area contributed by atoms with Gasteiger partial charge in [0, 0.05) is 12.1 Å². The summed E-state index contributed by atoms with van der Waals surface area (Å²) in [4.78, 5) is 10.3. The van der Waals surface area contributed by atoms with E-state index in [1.165, 1.54) is 5.56 Å². The standard InChI is InChI=1S/C16H16FNO3/c1-11(2)13-5-3-12(4-6-13)10-21-16-9-14(17)7-8-15(16)18(19)20/h3-9,11H,10H2,1-2H3. The molecule has 0 unspecified atom stereocenters. The molecule has 0 bridgehead atoms. The van der Waals surface area contributed by atoms with E-state index >= 15 is 0 Å². The molecular weight excluding hydrogens is 273 g/mol. The van der Waals surface area contributed by atoms with E-state index in [9.17, 15) is 14.5 Å². The van der Waals surface area contributed by atoms with Crippen LogP contribution < -0.4 is 4.74 Å². The maximum Gasteiger partial charge on any atom is 0.311 e. The fraction of sp³-hybridized carbons (Fsp3) is 0.250. The Kier molecular flexibility index (Phi) is 4.52. The largest absolute Gasteiger partial charge is 0.482 e. The minimum absolute atomic E-state index is 0.0621. The molecule has 0 spiro atoms. The highest BCUT2D eigenvalue weighted by Crippen LogP contribution is 2.28. The fourth-order valence-electron chi connectivity index (χ4n) is 1.91. The predicted molar refractivity (Wildman–Crippen MR) is 77.9 cm³/mol. The molecule has 0 amide bonds. The monoisotopic (exact) mass is 289 g/mol. The van der Waals surface area contributed by atoms with Crippen LogP contribution in [0.5, 0.6) is 5.75 Å². The minimum atomic E-state index is -0.587. The maximum absolute atomic E-state index is 13.2. The van der Waals surface area contributed by atoms with Gasteiger partial charge < -0.3 is 4.74 Å². The summed E-state index contributed by atoms with van der Waals surface area (Å²) in [6.45, 7) is 4.35. The summed E-state index contributed by atoms with van der Waals surface area (Å²) in [5, 5.41) is 10.9. The molecule has 0 aromatic heterocycles. The number of rotatable bonds is 5. The van der Waals surface area contributed by atoms with Gasteiger partial charge in [-0.2, -0.15) is 0 Å². The predicted octanol–water partition coefficient (Wildman–Crippen LogP) is 4.44. The van der Waals surface area contributed by atoms with Crippen molar-refractivity contribution in [3.63, 3.8) is 0 Å². The highest BCUT2D eigenvalue weighted by atomic mass is 19.1. The van der Waals surface area contributed by atoms with E-state index in [0.717, 1.165) is 23.8 Å². The van der Waals surface area contributed by atoms with E-state index in [0.29, 0.717) is 5.92 Å². The summed E-state index contributed by atoms with van der Waals surface area (Å²) >= 11 is 0. The quantitative estimate of drug-likeness (QED) is 0.604. The Labute approximate surface area is 122 Å². The van der Waals surface area contributed by atoms with Gasteiger partial charge in [0.2, 0.25) is 0 Å². The molecule has 110 valence electrons. The SMILES string of the molecule is CC(C)c1ccc(COc2cc(F)ccc2[N+](=O)[O-])cc1. The number of ether oxygens (including phenoxy) is 1. The molecule has 0 aliphatic rings. The number of hydrogen-bond donors (Lipinski definition) is 0. The van der Waals surface area contributed by atoms with Crippen molar-refractivity contribution in [3.8, 4) is 5.75 Å². The van der Waals surface area contributed by atoms with Crippen LogP contribution in [0.15, 0.2) is 42.5 Å². The molecule has 0 N–H and O–H groups in total. The van der Waals surface area contributed by atoms with E-state index in [2.05, 4.69) is 13.8 Å². The Morgan fingerprint density at radius 3 is 2.43 bits per heavy atom. The second kappa shape index (κ2) is 6.35. The number of benzene rings is 2. The topological polar surface area (TPSA) is 52.4 Å². The first-order valence-corrected chi connectivity index (χ1v) is 6.63. The average Bonchev–Trinajstić information content (AvgIpc) is 2.45. The van der Waals surface area contributed by atoms with Crippen LogP contribution in [0.4, 0.5) is 10.1 Å². The first-order chi connectivity index (χ1) is 9.97. The second-order valence-electron chi connectivity index (χ2n) is 5.05. The Morgan fingerprint density at radius 1 is 1.19 bits per heavy atom. The third-order valence-electron chi connectivity index (χ3n) is 3.16. The fourth-order valence-corrected chi connectivity index (χ4v) is 1.91.